The fourth-order valence-electron chi connectivity index (χ4n) is 4.07. The minimum atomic E-state index is -0.509. The molecule has 2 aliphatic rings. The number of carbonyl (C=O) groups excluding carboxylic acids is 1. The van der Waals surface area contributed by atoms with Crippen LogP contribution in [-0.2, 0) is 16.0 Å². The van der Waals surface area contributed by atoms with E-state index >= 15 is 0 Å². The van der Waals surface area contributed by atoms with E-state index in [9.17, 15) is 4.79 Å². The quantitative estimate of drug-likeness (QED) is 0.830. The highest BCUT2D eigenvalue weighted by molar-refractivity contribution is 5.77. The summed E-state index contributed by atoms with van der Waals surface area (Å²) in [4.78, 5) is 14.9. The largest absolute Gasteiger partial charge is 0.466 e. The topological polar surface area (TPSA) is 67.6 Å². The molecule has 1 aromatic heterocycles. The van der Waals surface area contributed by atoms with Crippen LogP contribution < -0.4 is 5.32 Å². The summed E-state index contributed by atoms with van der Waals surface area (Å²) in [6.07, 6.45) is 4.73. The molecule has 0 saturated carbocycles. The molecule has 3 heterocycles. The van der Waals surface area contributed by atoms with Gasteiger partial charge in [-0.2, -0.15) is 0 Å². The number of carbonyl (C=O) groups is 1. The van der Waals surface area contributed by atoms with Gasteiger partial charge in [0.05, 0.1) is 17.7 Å². The van der Waals surface area contributed by atoms with Gasteiger partial charge in [0.2, 0.25) is 0 Å². The molecular formula is C18H29N3O3. The fraction of sp³-hybridized carbons (Fsp3) is 0.778. The molecule has 134 valence electrons. The molecule has 2 atom stereocenters. The first-order valence-corrected chi connectivity index (χ1v) is 9.15. The molecule has 3 rings (SSSR count). The summed E-state index contributed by atoms with van der Waals surface area (Å²) in [6.45, 7) is 6.06. The molecule has 1 aromatic rings. The predicted molar refractivity (Wildman–Crippen MR) is 90.8 cm³/mol. The summed E-state index contributed by atoms with van der Waals surface area (Å²) >= 11 is 0. The summed E-state index contributed by atoms with van der Waals surface area (Å²) in [5.74, 6) is 1.12. The van der Waals surface area contributed by atoms with Gasteiger partial charge in [-0.1, -0.05) is 5.16 Å². The van der Waals surface area contributed by atoms with E-state index in [2.05, 4.69) is 22.4 Å². The van der Waals surface area contributed by atoms with Gasteiger partial charge in [0, 0.05) is 31.5 Å². The van der Waals surface area contributed by atoms with Crippen LogP contribution in [0, 0.1) is 5.41 Å². The lowest BCUT2D eigenvalue weighted by molar-refractivity contribution is -0.159. The molecule has 2 aliphatic heterocycles. The van der Waals surface area contributed by atoms with E-state index < -0.39 is 5.41 Å². The highest BCUT2D eigenvalue weighted by Crippen LogP contribution is 2.35. The third-order valence-corrected chi connectivity index (χ3v) is 5.28. The van der Waals surface area contributed by atoms with Crippen molar-refractivity contribution in [3.8, 4) is 0 Å². The van der Waals surface area contributed by atoms with Crippen LogP contribution in [-0.4, -0.2) is 55.9 Å². The van der Waals surface area contributed by atoms with Crippen LogP contribution in [0.4, 0.5) is 0 Å². The first-order valence-electron chi connectivity index (χ1n) is 9.15. The van der Waals surface area contributed by atoms with Crippen molar-refractivity contribution in [1.29, 1.82) is 0 Å². The Bertz CT molecular complexity index is 553. The van der Waals surface area contributed by atoms with Crippen molar-refractivity contribution in [2.24, 2.45) is 5.41 Å². The summed E-state index contributed by atoms with van der Waals surface area (Å²) in [7, 11) is 2.06. The van der Waals surface area contributed by atoms with Gasteiger partial charge in [0.15, 0.2) is 0 Å². The number of likely N-dealkylation sites (tertiary alicyclic amines) is 1. The number of esters is 1. The number of hydrogen-bond acceptors (Lipinski definition) is 6. The van der Waals surface area contributed by atoms with Crippen LogP contribution in [0.15, 0.2) is 10.6 Å². The van der Waals surface area contributed by atoms with Gasteiger partial charge in [-0.05, 0) is 52.7 Å². The maximum atomic E-state index is 12.7. The van der Waals surface area contributed by atoms with E-state index in [0.29, 0.717) is 25.5 Å². The average molecular weight is 335 g/mol. The normalized spacial score (nSPS) is 28.7. The second kappa shape index (κ2) is 7.66. The molecule has 6 nitrogen and oxygen atoms in total. The minimum Gasteiger partial charge on any atom is -0.466 e. The number of hydrogen-bond donors (Lipinski definition) is 1. The number of nitrogens with one attached hydrogen (secondary N) is 1. The zero-order chi connectivity index (χ0) is 17.0. The van der Waals surface area contributed by atoms with E-state index in [4.69, 9.17) is 9.26 Å². The van der Waals surface area contributed by atoms with Crippen molar-refractivity contribution in [3.05, 3.63) is 17.5 Å². The van der Waals surface area contributed by atoms with E-state index in [-0.39, 0.29) is 5.97 Å². The van der Waals surface area contributed by atoms with E-state index in [1.54, 1.807) is 0 Å². The highest BCUT2D eigenvalue weighted by Gasteiger charge is 2.44. The van der Waals surface area contributed by atoms with Crippen molar-refractivity contribution in [2.45, 2.75) is 44.9 Å². The second-order valence-electron chi connectivity index (χ2n) is 7.28. The average Bonchev–Trinajstić information content (AvgIpc) is 3.04. The summed E-state index contributed by atoms with van der Waals surface area (Å²) in [5.41, 5.74) is 0.505. The van der Waals surface area contributed by atoms with Crippen LogP contribution in [0.1, 0.15) is 50.0 Å². The Morgan fingerprint density at radius 2 is 2.42 bits per heavy atom. The molecule has 0 unspecified atom stereocenters. The molecule has 0 radical (unpaired) electrons. The maximum Gasteiger partial charge on any atom is 0.313 e. The van der Waals surface area contributed by atoms with Crippen LogP contribution in [0.5, 0.6) is 0 Å². The second-order valence-corrected chi connectivity index (χ2v) is 7.28. The van der Waals surface area contributed by atoms with Crippen molar-refractivity contribution < 1.29 is 14.1 Å². The Morgan fingerprint density at radius 3 is 3.12 bits per heavy atom. The number of ether oxygens (including phenoxy) is 1. The molecule has 0 amide bonds. The minimum absolute atomic E-state index is 0.103. The Kier molecular flexibility index (Phi) is 5.56. The lowest BCUT2D eigenvalue weighted by Gasteiger charge is -2.38. The van der Waals surface area contributed by atoms with Crippen molar-refractivity contribution in [1.82, 2.24) is 15.4 Å². The smallest absolute Gasteiger partial charge is 0.313 e. The predicted octanol–water partition coefficient (Wildman–Crippen LogP) is 1.96. The molecule has 24 heavy (non-hydrogen) atoms. The Balaban J connectivity index is 1.75. The molecular weight excluding hydrogens is 306 g/mol. The number of aromatic nitrogens is 1. The molecule has 2 saturated heterocycles. The fourth-order valence-corrected chi connectivity index (χ4v) is 4.07. The van der Waals surface area contributed by atoms with Gasteiger partial charge in [0.25, 0.3) is 0 Å². The number of nitrogens with zero attached hydrogens (tertiary/aromatic N) is 2. The zero-order valence-corrected chi connectivity index (χ0v) is 14.8. The SMILES string of the molecule is CCOC(=O)[C@@]1(Cc2cc([C@H]3CCCNC3)no2)CCCN(C)C1. The van der Waals surface area contributed by atoms with E-state index in [1.165, 1.54) is 6.42 Å². The van der Waals surface area contributed by atoms with Gasteiger partial charge in [-0.3, -0.25) is 4.79 Å². The number of piperidine rings is 2. The Labute approximate surface area is 143 Å². The molecule has 0 bridgehead atoms. The molecule has 0 aliphatic carbocycles. The van der Waals surface area contributed by atoms with Gasteiger partial charge in [0.1, 0.15) is 5.76 Å². The van der Waals surface area contributed by atoms with Crippen molar-refractivity contribution >= 4 is 5.97 Å². The lowest BCUT2D eigenvalue weighted by Crippen LogP contribution is -2.48. The van der Waals surface area contributed by atoms with Gasteiger partial charge in [-0.25, -0.2) is 0 Å². The van der Waals surface area contributed by atoms with Crippen LogP contribution in [0.3, 0.4) is 0 Å². The van der Waals surface area contributed by atoms with E-state index in [1.807, 2.05) is 13.0 Å². The highest BCUT2D eigenvalue weighted by atomic mass is 16.5. The number of rotatable bonds is 5. The Morgan fingerprint density at radius 1 is 1.54 bits per heavy atom. The van der Waals surface area contributed by atoms with Crippen molar-refractivity contribution in [3.63, 3.8) is 0 Å². The molecule has 6 heteroatoms. The van der Waals surface area contributed by atoms with Crippen molar-refractivity contribution in [2.75, 3.05) is 39.8 Å². The summed E-state index contributed by atoms with van der Waals surface area (Å²) < 4.78 is 11.0. The monoisotopic (exact) mass is 335 g/mol. The lowest BCUT2D eigenvalue weighted by atomic mass is 9.76. The summed E-state index contributed by atoms with van der Waals surface area (Å²) in [6, 6.07) is 2.05. The van der Waals surface area contributed by atoms with Crippen LogP contribution >= 0.6 is 0 Å². The van der Waals surface area contributed by atoms with Gasteiger partial charge < -0.3 is 19.5 Å². The van der Waals surface area contributed by atoms with Gasteiger partial charge >= 0.3 is 5.97 Å². The zero-order valence-electron chi connectivity index (χ0n) is 14.8. The van der Waals surface area contributed by atoms with Gasteiger partial charge in [-0.15, -0.1) is 0 Å². The summed E-state index contributed by atoms with van der Waals surface area (Å²) in [5, 5.41) is 7.69. The molecule has 0 aromatic carbocycles. The molecule has 0 spiro atoms. The molecule has 2 fully saturated rings. The standard InChI is InChI=1S/C18H29N3O3/c1-3-23-17(22)18(7-5-9-21(2)13-18)11-15-10-16(20-24-15)14-6-4-8-19-12-14/h10,14,19H,3-9,11-13H2,1-2H3/t14-,18+/m0/s1. The maximum absolute atomic E-state index is 12.7. The van der Waals surface area contributed by atoms with E-state index in [0.717, 1.165) is 50.4 Å². The molecule has 1 N–H and O–H groups in total. The first-order chi connectivity index (χ1) is 11.6. The Hall–Kier alpha value is -1.40. The third-order valence-electron chi connectivity index (χ3n) is 5.28. The first kappa shape index (κ1) is 17.4. The van der Waals surface area contributed by atoms with Crippen LogP contribution in [0.2, 0.25) is 0 Å². The van der Waals surface area contributed by atoms with Crippen LogP contribution in [0.25, 0.3) is 0 Å². The third kappa shape index (κ3) is 3.81.